The molecule has 16 heavy (non-hydrogen) atoms. The second-order valence-electron chi connectivity index (χ2n) is 5.14. The molecule has 1 aromatic rings. The van der Waals surface area contributed by atoms with Crippen LogP contribution in [0.5, 0.6) is 0 Å². The van der Waals surface area contributed by atoms with Crippen molar-refractivity contribution in [2.75, 3.05) is 18.5 Å². The van der Waals surface area contributed by atoms with Crippen LogP contribution in [-0.2, 0) is 6.61 Å². The lowest BCUT2D eigenvalue weighted by Crippen LogP contribution is -2.21. The van der Waals surface area contributed by atoms with Crippen LogP contribution < -0.4 is 4.90 Å². The number of anilines is 1. The smallest absolute Gasteiger partial charge is 0.0702 e. The molecular weight excluding hydrogens is 198 g/mol. The molecule has 2 unspecified atom stereocenters. The zero-order valence-electron chi connectivity index (χ0n) is 10.4. The third-order valence-corrected chi connectivity index (χ3v) is 3.60. The Balaban J connectivity index is 2.12. The highest BCUT2D eigenvalue weighted by Gasteiger charge is 2.33. The summed E-state index contributed by atoms with van der Waals surface area (Å²) in [6.07, 6.45) is 1.35. The summed E-state index contributed by atoms with van der Waals surface area (Å²) in [4.78, 5) is 2.28. The number of hydrogen-bond donors (Lipinski definition) is 1. The zero-order chi connectivity index (χ0) is 11.7. The van der Waals surface area contributed by atoms with Crippen LogP contribution in [0.4, 0.5) is 5.69 Å². The zero-order valence-corrected chi connectivity index (χ0v) is 10.4. The van der Waals surface area contributed by atoms with Gasteiger partial charge in [-0.25, -0.2) is 0 Å². The number of aliphatic hydroxyl groups is 1. The number of nitrogens with zero attached hydrogens (tertiary/aromatic N) is 1. The Morgan fingerprint density at radius 2 is 2.12 bits per heavy atom. The van der Waals surface area contributed by atoms with Gasteiger partial charge in [-0.2, -0.15) is 0 Å². The minimum atomic E-state index is 0.127. The average Bonchev–Trinajstić information content (AvgIpc) is 2.93. The third-order valence-electron chi connectivity index (χ3n) is 3.60. The summed E-state index contributed by atoms with van der Waals surface area (Å²) in [6, 6.07) is 6.30. The van der Waals surface area contributed by atoms with Crippen LogP contribution in [0.2, 0.25) is 0 Å². The van der Waals surface area contributed by atoms with Crippen molar-refractivity contribution in [3.8, 4) is 0 Å². The molecule has 0 aliphatic heterocycles. The van der Waals surface area contributed by atoms with Crippen molar-refractivity contribution >= 4 is 5.69 Å². The molecule has 1 aromatic carbocycles. The fraction of sp³-hybridized carbons (Fsp3) is 0.571. The monoisotopic (exact) mass is 219 g/mol. The van der Waals surface area contributed by atoms with Gasteiger partial charge in [0.25, 0.3) is 0 Å². The lowest BCUT2D eigenvalue weighted by atomic mass is 10.1. The minimum absolute atomic E-state index is 0.127. The molecule has 2 rings (SSSR count). The maximum atomic E-state index is 9.37. The second kappa shape index (κ2) is 4.46. The fourth-order valence-electron chi connectivity index (χ4n) is 2.32. The Bertz CT molecular complexity index is 375. The van der Waals surface area contributed by atoms with Gasteiger partial charge in [-0.3, -0.25) is 0 Å². The number of benzene rings is 1. The molecule has 0 heterocycles. The molecule has 0 amide bonds. The van der Waals surface area contributed by atoms with Crippen LogP contribution in [0.1, 0.15) is 24.5 Å². The first-order valence-electron chi connectivity index (χ1n) is 6.03. The standard InChI is InChI=1S/C14H21NO/c1-10-4-5-14(13(6-10)9-16)15(3)8-12-7-11(12)2/h4-6,11-12,16H,7-9H2,1-3H3. The van der Waals surface area contributed by atoms with E-state index in [1.807, 2.05) is 0 Å². The van der Waals surface area contributed by atoms with Gasteiger partial charge in [-0.15, -0.1) is 0 Å². The fourth-order valence-corrected chi connectivity index (χ4v) is 2.32. The van der Waals surface area contributed by atoms with Crippen LogP contribution in [0.15, 0.2) is 18.2 Å². The molecule has 1 saturated carbocycles. The van der Waals surface area contributed by atoms with Crippen molar-refractivity contribution in [1.82, 2.24) is 0 Å². The van der Waals surface area contributed by atoms with E-state index in [0.717, 1.165) is 23.9 Å². The van der Waals surface area contributed by atoms with E-state index in [2.05, 4.69) is 44.0 Å². The molecule has 2 heteroatoms. The molecule has 2 nitrogen and oxygen atoms in total. The molecule has 1 fully saturated rings. The van der Waals surface area contributed by atoms with Gasteiger partial charge in [0, 0.05) is 24.8 Å². The van der Waals surface area contributed by atoms with Crippen molar-refractivity contribution in [3.05, 3.63) is 29.3 Å². The summed E-state index contributed by atoms with van der Waals surface area (Å²) in [5, 5.41) is 9.37. The van der Waals surface area contributed by atoms with E-state index >= 15 is 0 Å². The highest BCUT2D eigenvalue weighted by molar-refractivity contribution is 5.54. The first kappa shape index (κ1) is 11.5. The van der Waals surface area contributed by atoms with Crippen molar-refractivity contribution in [1.29, 1.82) is 0 Å². The minimum Gasteiger partial charge on any atom is -0.392 e. The van der Waals surface area contributed by atoms with E-state index in [9.17, 15) is 5.11 Å². The van der Waals surface area contributed by atoms with Crippen LogP contribution >= 0.6 is 0 Å². The molecule has 0 bridgehead atoms. The van der Waals surface area contributed by atoms with Gasteiger partial charge in [-0.05, 0) is 31.2 Å². The first-order valence-corrected chi connectivity index (χ1v) is 6.03. The Kier molecular flexibility index (Phi) is 3.20. The summed E-state index contributed by atoms with van der Waals surface area (Å²) in [5.41, 5.74) is 3.42. The van der Waals surface area contributed by atoms with Crippen molar-refractivity contribution in [2.24, 2.45) is 11.8 Å². The summed E-state index contributed by atoms with van der Waals surface area (Å²) in [7, 11) is 2.12. The average molecular weight is 219 g/mol. The highest BCUT2D eigenvalue weighted by atomic mass is 16.3. The van der Waals surface area contributed by atoms with E-state index in [-0.39, 0.29) is 6.61 Å². The van der Waals surface area contributed by atoms with Gasteiger partial charge >= 0.3 is 0 Å². The highest BCUT2D eigenvalue weighted by Crippen LogP contribution is 2.39. The Hall–Kier alpha value is -1.02. The predicted molar refractivity (Wildman–Crippen MR) is 67.6 cm³/mol. The SMILES string of the molecule is Cc1ccc(N(C)CC2CC2C)c(CO)c1. The predicted octanol–water partition coefficient (Wildman–Crippen LogP) is 2.58. The lowest BCUT2D eigenvalue weighted by molar-refractivity contribution is 0.282. The lowest BCUT2D eigenvalue weighted by Gasteiger charge is -2.22. The largest absolute Gasteiger partial charge is 0.392 e. The number of aryl methyl sites for hydroxylation is 1. The van der Waals surface area contributed by atoms with Gasteiger partial charge in [0.15, 0.2) is 0 Å². The van der Waals surface area contributed by atoms with Gasteiger partial charge in [0.05, 0.1) is 6.61 Å². The van der Waals surface area contributed by atoms with E-state index in [1.165, 1.54) is 17.7 Å². The molecule has 1 aliphatic carbocycles. The molecule has 0 radical (unpaired) electrons. The van der Waals surface area contributed by atoms with Crippen molar-refractivity contribution in [3.63, 3.8) is 0 Å². The van der Waals surface area contributed by atoms with Gasteiger partial charge < -0.3 is 10.0 Å². The molecule has 0 aromatic heterocycles. The Morgan fingerprint density at radius 3 is 2.69 bits per heavy atom. The Labute approximate surface area is 97.9 Å². The summed E-state index contributed by atoms with van der Waals surface area (Å²) >= 11 is 0. The summed E-state index contributed by atoms with van der Waals surface area (Å²) < 4.78 is 0. The van der Waals surface area contributed by atoms with Crippen LogP contribution in [0.25, 0.3) is 0 Å². The quantitative estimate of drug-likeness (QED) is 0.841. The molecular formula is C14H21NO. The third kappa shape index (κ3) is 2.38. The summed E-state index contributed by atoms with van der Waals surface area (Å²) in [5.74, 6) is 1.73. The van der Waals surface area contributed by atoms with E-state index in [1.54, 1.807) is 0 Å². The molecule has 88 valence electrons. The van der Waals surface area contributed by atoms with Crippen LogP contribution in [0, 0.1) is 18.8 Å². The number of rotatable bonds is 4. The maximum Gasteiger partial charge on any atom is 0.0702 e. The molecule has 1 aliphatic rings. The Morgan fingerprint density at radius 1 is 1.44 bits per heavy atom. The van der Waals surface area contributed by atoms with Crippen LogP contribution in [-0.4, -0.2) is 18.7 Å². The number of aliphatic hydroxyl groups excluding tert-OH is 1. The molecule has 0 saturated heterocycles. The van der Waals surface area contributed by atoms with E-state index in [0.29, 0.717) is 0 Å². The number of hydrogen-bond acceptors (Lipinski definition) is 2. The van der Waals surface area contributed by atoms with Crippen molar-refractivity contribution in [2.45, 2.75) is 26.9 Å². The molecule has 1 N–H and O–H groups in total. The van der Waals surface area contributed by atoms with Gasteiger partial charge in [0.1, 0.15) is 0 Å². The van der Waals surface area contributed by atoms with E-state index < -0.39 is 0 Å². The molecule has 2 atom stereocenters. The van der Waals surface area contributed by atoms with Crippen LogP contribution in [0.3, 0.4) is 0 Å². The van der Waals surface area contributed by atoms with E-state index in [4.69, 9.17) is 0 Å². The molecule has 0 spiro atoms. The van der Waals surface area contributed by atoms with Gasteiger partial charge in [0.2, 0.25) is 0 Å². The second-order valence-corrected chi connectivity index (χ2v) is 5.14. The normalized spacial score (nSPS) is 23.2. The summed E-state index contributed by atoms with van der Waals surface area (Å²) in [6.45, 7) is 5.60. The maximum absolute atomic E-state index is 9.37. The van der Waals surface area contributed by atoms with Gasteiger partial charge in [-0.1, -0.05) is 24.6 Å². The van der Waals surface area contributed by atoms with Crippen molar-refractivity contribution < 1.29 is 5.11 Å². The first-order chi connectivity index (χ1) is 7.61. The topological polar surface area (TPSA) is 23.5 Å².